The fourth-order valence-corrected chi connectivity index (χ4v) is 3.90. The number of carbonyl (C=O) groups is 1. The van der Waals surface area contributed by atoms with Gasteiger partial charge in [-0.15, -0.1) is 0 Å². The van der Waals surface area contributed by atoms with E-state index < -0.39 is 0 Å². The monoisotopic (exact) mass is 310 g/mol. The molecule has 0 bridgehead atoms. The minimum absolute atomic E-state index is 0.0800. The number of anilines is 2. The Bertz CT molecular complexity index is 513. The number of rotatable bonds is 3. The molecule has 2 aliphatic rings. The Hall–Kier alpha value is -1.34. The molecule has 1 aromatic heterocycles. The molecule has 3 rings (SSSR count). The lowest BCUT2D eigenvalue weighted by Crippen LogP contribution is -2.36. The molecular formula is C14H22N4O2S. The van der Waals surface area contributed by atoms with Crippen LogP contribution in [0.4, 0.5) is 10.9 Å². The smallest absolute Gasteiger partial charge is 0.265 e. The largest absolute Gasteiger partial charge is 0.382 e. The average Bonchev–Trinajstić information content (AvgIpc) is 3.06. The van der Waals surface area contributed by atoms with Gasteiger partial charge in [-0.3, -0.25) is 4.79 Å². The molecule has 3 N–H and O–H groups in total. The maximum absolute atomic E-state index is 12.4. The van der Waals surface area contributed by atoms with Gasteiger partial charge in [-0.05, 0) is 25.2 Å². The number of carbonyl (C=O) groups excluding carboxylic acids is 1. The molecule has 1 amide bonds. The lowest BCUT2D eigenvalue weighted by molar-refractivity contribution is 0.0942. The summed E-state index contributed by atoms with van der Waals surface area (Å²) < 4.78 is 5.33. The quantitative estimate of drug-likeness (QED) is 0.884. The molecule has 1 saturated carbocycles. The highest BCUT2D eigenvalue weighted by Crippen LogP contribution is 2.30. The maximum Gasteiger partial charge on any atom is 0.265 e. The van der Waals surface area contributed by atoms with Gasteiger partial charge in [0.05, 0.1) is 13.2 Å². The van der Waals surface area contributed by atoms with Crippen LogP contribution in [0.2, 0.25) is 0 Å². The molecule has 1 aromatic rings. The molecule has 116 valence electrons. The Morgan fingerprint density at radius 3 is 2.86 bits per heavy atom. The summed E-state index contributed by atoms with van der Waals surface area (Å²) in [5.41, 5.74) is 5.93. The van der Waals surface area contributed by atoms with Crippen LogP contribution >= 0.6 is 11.3 Å². The van der Waals surface area contributed by atoms with Crippen LogP contribution in [0.15, 0.2) is 0 Å². The fourth-order valence-electron chi connectivity index (χ4n) is 2.96. The molecule has 6 nitrogen and oxygen atoms in total. The molecule has 1 aliphatic carbocycles. The third-order valence-corrected chi connectivity index (χ3v) is 5.29. The van der Waals surface area contributed by atoms with Crippen molar-refractivity contribution in [2.45, 2.75) is 32.2 Å². The van der Waals surface area contributed by atoms with Gasteiger partial charge in [0, 0.05) is 19.1 Å². The first-order chi connectivity index (χ1) is 10.1. The zero-order chi connectivity index (χ0) is 14.8. The Kier molecular flexibility index (Phi) is 4.30. The lowest BCUT2D eigenvalue weighted by Gasteiger charge is -2.25. The van der Waals surface area contributed by atoms with Gasteiger partial charge >= 0.3 is 0 Å². The number of nitrogens with two attached hydrogens (primary N) is 1. The van der Waals surface area contributed by atoms with Crippen molar-refractivity contribution in [1.82, 2.24) is 10.3 Å². The van der Waals surface area contributed by atoms with Gasteiger partial charge in [0.25, 0.3) is 5.91 Å². The first kappa shape index (κ1) is 14.6. The second kappa shape index (κ2) is 6.19. The predicted octanol–water partition coefficient (Wildman–Crippen LogP) is 1.48. The summed E-state index contributed by atoms with van der Waals surface area (Å²) in [6.45, 7) is 5.22. The van der Waals surface area contributed by atoms with Crippen molar-refractivity contribution in [2.24, 2.45) is 5.92 Å². The maximum atomic E-state index is 12.4. The van der Waals surface area contributed by atoms with Gasteiger partial charge in [-0.25, -0.2) is 4.98 Å². The third-order valence-electron chi connectivity index (χ3n) is 4.16. The van der Waals surface area contributed by atoms with E-state index in [0.717, 1.165) is 31.1 Å². The first-order valence-corrected chi connectivity index (χ1v) is 8.35. The van der Waals surface area contributed by atoms with Crippen molar-refractivity contribution in [2.75, 3.05) is 36.9 Å². The van der Waals surface area contributed by atoms with Crippen LogP contribution in [0.1, 0.15) is 35.9 Å². The van der Waals surface area contributed by atoms with Crippen molar-refractivity contribution in [1.29, 1.82) is 0 Å². The highest BCUT2D eigenvalue weighted by molar-refractivity contribution is 7.18. The van der Waals surface area contributed by atoms with Gasteiger partial charge in [-0.1, -0.05) is 18.3 Å². The zero-order valence-electron chi connectivity index (χ0n) is 12.3. The van der Waals surface area contributed by atoms with Crippen LogP contribution in [0.25, 0.3) is 0 Å². The number of nitrogens with one attached hydrogen (secondary N) is 1. The molecular weight excluding hydrogens is 288 g/mol. The number of hydrogen-bond acceptors (Lipinski definition) is 6. The topological polar surface area (TPSA) is 80.5 Å². The Morgan fingerprint density at radius 1 is 1.43 bits per heavy atom. The van der Waals surface area contributed by atoms with Crippen molar-refractivity contribution >= 4 is 28.2 Å². The molecule has 0 aromatic carbocycles. The number of morpholine rings is 1. The van der Waals surface area contributed by atoms with E-state index >= 15 is 0 Å². The molecule has 2 atom stereocenters. The summed E-state index contributed by atoms with van der Waals surface area (Å²) in [4.78, 5) is 19.4. The Morgan fingerprint density at radius 2 is 2.19 bits per heavy atom. The molecule has 21 heavy (non-hydrogen) atoms. The SMILES string of the molecule is CC1CCC(NC(=O)c2sc(N3CCOCC3)nc2N)C1. The summed E-state index contributed by atoms with van der Waals surface area (Å²) >= 11 is 1.38. The van der Waals surface area contributed by atoms with Crippen molar-refractivity contribution < 1.29 is 9.53 Å². The van der Waals surface area contributed by atoms with Gasteiger partial charge < -0.3 is 20.7 Å². The Labute approximate surface area is 128 Å². The van der Waals surface area contributed by atoms with E-state index in [9.17, 15) is 4.79 Å². The fraction of sp³-hybridized carbons (Fsp3) is 0.714. The van der Waals surface area contributed by atoms with Gasteiger partial charge in [0.15, 0.2) is 5.13 Å². The minimum atomic E-state index is -0.0800. The van der Waals surface area contributed by atoms with E-state index in [-0.39, 0.29) is 11.9 Å². The number of nitrogen functional groups attached to an aromatic ring is 1. The molecule has 0 spiro atoms. The van der Waals surface area contributed by atoms with Crippen LogP contribution < -0.4 is 16.0 Å². The highest BCUT2D eigenvalue weighted by Gasteiger charge is 2.26. The summed E-state index contributed by atoms with van der Waals surface area (Å²) in [5, 5.41) is 3.91. The van der Waals surface area contributed by atoms with Crippen LogP contribution in [-0.4, -0.2) is 43.2 Å². The van der Waals surface area contributed by atoms with Crippen LogP contribution in [0.5, 0.6) is 0 Å². The van der Waals surface area contributed by atoms with E-state index in [4.69, 9.17) is 10.5 Å². The summed E-state index contributed by atoms with van der Waals surface area (Å²) in [7, 11) is 0. The summed E-state index contributed by atoms with van der Waals surface area (Å²) in [5.74, 6) is 0.951. The molecule has 2 fully saturated rings. The van der Waals surface area contributed by atoms with E-state index in [1.165, 1.54) is 17.8 Å². The van der Waals surface area contributed by atoms with Gasteiger partial charge in [0.1, 0.15) is 10.7 Å². The Balaban J connectivity index is 1.67. The summed E-state index contributed by atoms with van der Waals surface area (Å²) in [6, 6.07) is 0.279. The number of amides is 1. The predicted molar refractivity (Wildman–Crippen MR) is 83.8 cm³/mol. The zero-order valence-corrected chi connectivity index (χ0v) is 13.1. The van der Waals surface area contributed by atoms with E-state index in [1.807, 2.05) is 0 Å². The lowest BCUT2D eigenvalue weighted by atomic mass is 10.1. The average molecular weight is 310 g/mol. The number of hydrogen-bond donors (Lipinski definition) is 2. The van der Waals surface area contributed by atoms with E-state index in [1.54, 1.807) is 0 Å². The van der Waals surface area contributed by atoms with E-state index in [2.05, 4.69) is 22.1 Å². The van der Waals surface area contributed by atoms with Crippen LogP contribution in [0, 0.1) is 5.92 Å². The number of nitrogens with zero attached hydrogens (tertiary/aromatic N) is 2. The minimum Gasteiger partial charge on any atom is -0.382 e. The van der Waals surface area contributed by atoms with Crippen molar-refractivity contribution in [3.63, 3.8) is 0 Å². The second-order valence-corrected chi connectivity index (χ2v) is 6.88. The van der Waals surface area contributed by atoms with Crippen LogP contribution in [-0.2, 0) is 4.74 Å². The molecule has 2 heterocycles. The second-order valence-electron chi connectivity index (χ2n) is 5.90. The third kappa shape index (κ3) is 3.29. The molecule has 2 unspecified atom stereocenters. The summed E-state index contributed by atoms with van der Waals surface area (Å²) in [6.07, 6.45) is 3.30. The van der Waals surface area contributed by atoms with E-state index in [0.29, 0.717) is 29.8 Å². The standard InChI is InChI=1S/C14H22N4O2S/c1-9-2-3-10(8-9)16-13(19)11-12(15)17-14(21-11)18-4-6-20-7-5-18/h9-10H,2-8,15H2,1H3,(H,16,19). The number of ether oxygens (including phenoxy) is 1. The normalized spacial score (nSPS) is 26.0. The molecule has 7 heteroatoms. The van der Waals surface area contributed by atoms with Gasteiger partial charge in [-0.2, -0.15) is 0 Å². The molecule has 1 saturated heterocycles. The number of thiazole rings is 1. The first-order valence-electron chi connectivity index (χ1n) is 7.53. The molecule has 1 aliphatic heterocycles. The van der Waals surface area contributed by atoms with Crippen molar-refractivity contribution in [3.8, 4) is 0 Å². The molecule has 0 radical (unpaired) electrons. The highest BCUT2D eigenvalue weighted by atomic mass is 32.1. The van der Waals surface area contributed by atoms with Crippen molar-refractivity contribution in [3.05, 3.63) is 4.88 Å². The van der Waals surface area contributed by atoms with Gasteiger partial charge in [0.2, 0.25) is 0 Å². The van der Waals surface area contributed by atoms with Crippen LogP contribution in [0.3, 0.4) is 0 Å². The number of aromatic nitrogens is 1.